The first-order valence-electron chi connectivity index (χ1n) is 0.638. The minimum atomic E-state index is -0.0741. The molecule has 0 saturated carbocycles. The smallest absolute Gasteiger partial charge is 1.00 e. The molecular formula is CH2NaO2S+. The van der Waals surface area contributed by atoms with E-state index in [1.165, 1.54) is 0 Å². The SMILES string of the molecule is O=C[S+]=O.[H-].[Na+]. The van der Waals surface area contributed by atoms with Crippen molar-refractivity contribution in [1.29, 1.82) is 0 Å². The van der Waals surface area contributed by atoms with Gasteiger partial charge in [0, 0.05) is 4.21 Å². The van der Waals surface area contributed by atoms with Crippen LogP contribution >= 0.6 is 0 Å². The van der Waals surface area contributed by atoms with E-state index in [9.17, 15) is 0 Å². The van der Waals surface area contributed by atoms with Crippen LogP contribution in [0.15, 0.2) is 0 Å². The Morgan fingerprint density at radius 2 is 2.00 bits per heavy atom. The molecule has 0 aliphatic carbocycles. The predicted octanol–water partition coefficient (Wildman–Crippen LogP) is -3.28. The number of hydrogen-bond acceptors (Lipinski definition) is 2. The Morgan fingerprint density at radius 1 is 1.80 bits per heavy atom. The third kappa shape index (κ3) is 11.9. The third-order valence-corrected chi connectivity index (χ3v) is 0.118. The fraction of sp³-hybridized carbons (Fsp3) is 0. The largest absolute Gasteiger partial charge is 1.00 e. The van der Waals surface area contributed by atoms with Gasteiger partial charge in [-0.05, 0) is 0 Å². The van der Waals surface area contributed by atoms with E-state index in [1.54, 1.807) is 0 Å². The van der Waals surface area contributed by atoms with E-state index >= 15 is 0 Å². The third-order valence-electron chi connectivity index (χ3n) is 0.0393. The Kier molecular flexibility index (Phi) is 16.2. The predicted molar refractivity (Wildman–Crippen MR) is 15.9 cm³/mol. The standard InChI is InChI=1S/CHO2S.Na.H/c2-1-4-3;;/h1H;;/q2*+1;-1. The average molecular weight is 101 g/mol. The van der Waals surface area contributed by atoms with Crippen LogP contribution in [-0.2, 0) is 20.7 Å². The van der Waals surface area contributed by atoms with E-state index < -0.39 is 0 Å². The van der Waals surface area contributed by atoms with E-state index in [2.05, 4.69) is 0 Å². The van der Waals surface area contributed by atoms with Crippen molar-refractivity contribution in [3.8, 4) is 0 Å². The molecule has 0 N–H and O–H groups in total. The van der Waals surface area contributed by atoms with Gasteiger partial charge in [-0.1, -0.05) is 0 Å². The van der Waals surface area contributed by atoms with Crippen LogP contribution < -0.4 is 29.6 Å². The summed E-state index contributed by atoms with van der Waals surface area (Å²) in [4.78, 5) is 8.82. The van der Waals surface area contributed by atoms with Gasteiger partial charge in [-0.3, -0.25) is 0 Å². The molecule has 5 heavy (non-hydrogen) atoms. The second kappa shape index (κ2) is 8.83. The van der Waals surface area contributed by atoms with Crippen molar-refractivity contribution in [3.05, 3.63) is 0 Å². The number of carbonyl (C=O) groups is 1. The van der Waals surface area contributed by atoms with Gasteiger partial charge in [0.05, 0.1) is 0 Å². The first-order chi connectivity index (χ1) is 1.91. The molecule has 0 aromatic carbocycles. The second-order valence-corrected chi connectivity index (χ2v) is 0.577. The first kappa shape index (κ1) is 9.19. The van der Waals surface area contributed by atoms with Crippen molar-refractivity contribution < 1.29 is 40.0 Å². The quantitative estimate of drug-likeness (QED) is 0.197. The Labute approximate surface area is 57.2 Å². The fourth-order valence-corrected chi connectivity index (χ4v) is 0. The van der Waals surface area contributed by atoms with Gasteiger partial charge in [-0.2, -0.15) is 0 Å². The van der Waals surface area contributed by atoms with Gasteiger partial charge < -0.3 is 1.43 Å². The minimum Gasteiger partial charge on any atom is -1.00 e. The van der Waals surface area contributed by atoms with E-state index in [4.69, 9.17) is 9.00 Å². The van der Waals surface area contributed by atoms with E-state index in [0.717, 1.165) is 0 Å². The summed E-state index contributed by atoms with van der Waals surface area (Å²) < 4.78 is 8.85. The molecule has 0 bridgehead atoms. The molecule has 0 aromatic heterocycles. The molecule has 0 fully saturated rings. The summed E-state index contributed by atoms with van der Waals surface area (Å²) in [5, 5.41) is 0. The molecule has 0 saturated heterocycles. The van der Waals surface area contributed by atoms with Gasteiger partial charge >= 0.3 is 46.8 Å². The van der Waals surface area contributed by atoms with Crippen LogP contribution in [0.5, 0.6) is 0 Å². The average Bonchev–Trinajstić information content (AvgIpc) is 1.37. The monoisotopic (exact) mass is 101 g/mol. The number of hydrogen-bond donors (Lipinski definition) is 0. The maximum atomic E-state index is 8.85. The maximum absolute atomic E-state index is 8.85. The van der Waals surface area contributed by atoms with Crippen molar-refractivity contribution in [2.24, 2.45) is 0 Å². The summed E-state index contributed by atoms with van der Waals surface area (Å²) in [6.07, 6.45) is 0. The van der Waals surface area contributed by atoms with Gasteiger partial charge in [-0.15, -0.1) is 0 Å². The van der Waals surface area contributed by atoms with Crippen LogP contribution in [0, 0.1) is 0 Å². The Bertz CT molecular complexity index is 34.5. The molecule has 0 aromatic rings. The summed E-state index contributed by atoms with van der Waals surface area (Å²) in [7, 11) is 0. The Balaban J connectivity index is -0.0000000450. The molecule has 4 heteroatoms. The molecule has 0 heterocycles. The zero-order chi connectivity index (χ0) is 3.41. The van der Waals surface area contributed by atoms with Gasteiger partial charge in [0.15, 0.2) is 0 Å². The van der Waals surface area contributed by atoms with Crippen LogP contribution in [0.2, 0.25) is 0 Å². The number of carbonyl (C=O) groups excluding carboxylic acids is 1. The summed E-state index contributed by atoms with van der Waals surface area (Å²) in [6.45, 7) is 0. The first-order valence-corrected chi connectivity index (χ1v) is 1.44. The zero-order valence-corrected chi connectivity index (χ0v) is 5.62. The van der Waals surface area contributed by atoms with Gasteiger partial charge in [0.1, 0.15) is 0 Å². The molecule has 24 valence electrons. The minimum absolute atomic E-state index is 0. The zero-order valence-electron chi connectivity index (χ0n) is 3.80. The molecule has 0 spiro atoms. The van der Waals surface area contributed by atoms with E-state index in [-0.39, 0.29) is 48.3 Å². The summed E-state index contributed by atoms with van der Waals surface area (Å²) in [5.74, 6) is 0. The van der Waals surface area contributed by atoms with Crippen LogP contribution in [0.3, 0.4) is 0 Å². The summed E-state index contributed by atoms with van der Waals surface area (Å²) in [5.41, 5.74) is 0.236. The summed E-state index contributed by atoms with van der Waals surface area (Å²) >= 11 is -0.0741. The molecule has 0 aliphatic rings. The Hall–Kier alpha value is 0.690. The molecule has 0 radical (unpaired) electrons. The molecule has 0 rings (SSSR count). The molecule has 2 nitrogen and oxygen atoms in total. The van der Waals surface area contributed by atoms with Crippen molar-refractivity contribution in [2.75, 3.05) is 0 Å². The van der Waals surface area contributed by atoms with Crippen LogP contribution in [0.25, 0.3) is 0 Å². The molecule has 0 amide bonds. The van der Waals surface area contributed by atoms with E-state index in [1.807, 2.05) is 0 Å². The molecular weight excluding hydrogens is 99.1 g/mol. The fourth-order valence-electron chi connectivity index (χ4n) is 0. The van der Waals surface area contributed by atoms with Crippen molar-refractivity contribution in [3.63, 3.8) is 0 Å². The van der Waals surface area contributed by atoms with Crippen LogP contribution in [0.1, 0.15) is 1.43 Å². The van der Waals surface area contributed by atoms with Crippen molar-refractivity contribution in [2.45, 2.75) is 0 Å². The molecule has 0 atom stereocenters. The van der Waals surface area contributed by atoms with Crippen LogP contribution in [0.4, 0.5) is 0 Å². The van der Waals surface area contributed by atoms with Crippen LogP contribution in [-0.4, -0.2) is 5.62 Å². The molecule has 0 aliphatic heterocycles. The van der Waals surface area contributed by atoms with Gasteiger partial charge in [0.2, 0.25) is 0 Å². The van der Waals surface area contributed by atoms with Crippen molar-refractivity contribution in [1.82, 2.24) is 0 Å². The van der Waals surface area contributed by atoms with Gasteiger partial charge in [-0.25, -0.2) is 4.79 Å². The van der Waals surface area contributed by atoms with E-state index in [0.29, 0.717) is 0 Å². The second-order valence-electron chi connectivity index (χ2n) is 0.192. The topological polar surface area (TPSA) is 34.1 Å². The van der Waals surface area contributed by atoms with Gasteiger partial charge in [0.25, 0.3) is 0 Å². The van der Waals surface area contributed by atoms with Crippen molar-refractivity contribution >= 4 is 17.3 Å². The summed E-state index contributed by atoms with van der Waals surface area (Å²) in [6, 6.07) is 0. The molecule has 0 unspecified atom stereocenters. The Morgan fingerprint density at radius 3 is 2.00 bits per heavy atom. The normalized spacial score (nSPS) is 4.00. The maximum Gasteiger partial charge on any atom is 1.00 e. The number of rotatable bonds is 1.